The van der Waals surface area contributed by atoms with Crippen molar-refractivity contribution >= 4 is 17.5 Å². The van der Waals surface area contributed by atoms with Crippen LogP contribution in [0.15, 0.2) is 24.7 Å². The van der Waals surface area contributed by atoms with Crippen LogP contribution in [-0.4, -0.2) is 54.6 Å². The number of carbonyl (C=O) groups excluding carboxylic acids is 1. The average Bonchev–Trinajstić information content (AvgIpc) is 3.52. The number of nitrogens with zero attached hydrogens (tertiary/aromatic N) is 5. The second-order valence-electron chi connectivity index (χ2n) is 7.57. The highest BCUT2D eigenvalue weighted by atomic mass is 16.1. The van der Waals surface area contributed by atoms with Gasteiger partial charge in [0.05, 0.1) is 5.56 Å². The summed E-state index contributed by atoms with van der Waals surface area (Å²) in [6.07, 6.45) is 7.49. The quantitative estimate of drug-likeness (QED) is 0.868. The lowest BCUT2D eigenvalue weighted by atomic mass is 10.0. The summed E-state index contributed by atoms with van der Waals surface area (Å²) in [5.74, 6) is 2.33. The van der Waals surface area contributed by atoms with Crippen LogP contribution in [0.25, 0.3) is 0 Å². The molecular weight excluding hydrogens is 340 g/mol. The molecule has 0 saturated heterocycles. The molecule has 4 rings (SSSR count). The minimum atomic E-state index is -0.0159. The summed E-state index contributed by atoms with van der Waals surface area (Å²) < 4.78 is 0. The van der Waals surface area contributed by atoms with Gasteiger partial charge in [0.15, 0.2) is 0 Å². The maximum absolute atomic E-state index is 12.8. The van der Waals surface area contributed by atoms with Crippen molar-refractivity contribution in [3.8, 4) is 0 Å². The highest BCUT2D eigenvalue weighted by Crippen LogP contribution is 2.28. The Hall–Kier alpha value is -2.70. The van der Waals surface area contributed by atoms with E-state index in [0.717, 1.165) is 55.4 Å². The summed E-state index contributed by atoms with van der Waals surface area (Å²) >= 11 is 0. The lowest BCUT2D eigenvalue weighted by Gasteiger charge is -2.20. The molecule has 2 aromatic rings. The number of hydrogen-bond donors (Lipinski definition) is 1. The number of carbonyl (C=O) groups is 1. The van der Waals surface area contributed by atoms with E-state index in [1.165, 1.54) is 12.8 Å². The number of aromatic nitrogens is 3. The first kappa shape index (κ1) is 17.7. The molecule has 0 unspecified atom stereocenters. The number of amides is 1. The first-order valence-corrected chi connectivity index (χ1v) is 9.61. The van der Waals surface area contributed by atoms with Crippen molar-refractivity contribution in [2.45, 2.75) is 25.7 Å². The van der Waals surface area contributed by atoms with Gasteiger partial charge >= 0.3 is 0 Å². The molecule has 27 heavy (non-hydrogen) atoms. The smallest absolute Gasteiger partial charge is 0.255 e. The molecule has 1 saturated carbocycles. The molecule has 1 aliphatic carbocycles. The molecule has 0 radical (unpaired) electrons. The first-order chi connectivity index (χ1) is 13.1. The molecule has 2 aromatic heterocycles. The fourth-order valence-electron chi connectivity index (χ4n) is 3.49. The van der Waals surface area contributed by atoms with Gasteiger partial charge in [0.25, 0.3) is 5.91 Å². The van der Waals surface area contributed by atoms with Crippen molar-refractivity contribution in [1.82, 2.24) is 20.3 Å². The van der Waals surface area contributed by atoms with E-state index in [4.69, 9.17) is 4.98 Å². The van der Waals surface area contributed by atoms with Crippen LogP contribution in [0.3, 0.4) is 0 Å². The normalized spacial score (nSPS) is 16.4. The molecule has 1 aliphatic heterocycles. The molecule has 0 atom stereocenters. The Morgan fingerprint density at radius 3 is 2.81 bits per heavy atom. The Labute approximate surface area is 159 Å². The third-order valence-corrected chi connectivity index (χ3v) is 5.25. The van der Waals surface area contributed by atoms with Crippen LogP contribution >= 0.6 is 0 Å². The Kier molecular flexibility index (Phi) is 4.92. The lowest BCUT2D eigenvalue weighted by molar-refractivity contribution is 0.0952. The molecule has 3 heterocycles. The fraction of sp³-hybridized carbons (Fsp3) is 0.500. The van der Waals surface area contributed by atoms with Crippen molar-refractivity contribution in [1.29, 1.82) is 0 Å². The molecule has 0 aromatic carbocycles. The number of nitrogens with one attached hydrogen (secondary N) is 1. The Morgan fingerprint density at radius 2 is 2.11 bits per heavy atom. The molecule has 142 valence electrons. The molecule has 1 amide bonds. The third-order valence-electron chi connectivity index (χ3n) is 5.25. The van der Waals surface area contributed by atoms with Gasteiger partial charge in [0, 0.05) is 52.0 Å². The van der Waals surface area contributed by atoms with Crippen molar-refractivity contribution in [2.75, 3.05) is 43.5 Å². The van der Waals surface area contributed by atoms with Crippen molar-refractivity contribution in [3.05, 3.63) is 41.5 Å². The zero-order valence-corrected chi connectivity index (χ0v) is 16.0. The van der Waals surface area contributed by atoms with Crippen molar-refractivity contribution < 1.29 is 4.79 Å². The van der Waals surface area contributed by atoms with Crippen LogP contribution in [-0.2, 0) is 12.8 Å². The van der Waals surface area contributed by atoms with Crippen LogP contribution in [0.2, 0.25) is 0 Å². The standard InChI is InChI=1S/C20H26N6O/c1-25(2)19-16(20(27)22-12-14-3-4-14)11-15-6-9-26(10-7-17(15)24-19)18-5-8-21-13-23-18/h5,8,11,13-14H,3-4,6-7,9-10,12H2,1-2H3,(H,22,27). The van der Waals surface area contributed by atoms with E-state index in [1.54, 1.807) is 12.5 Å². The number of anilines is 2. The lowest BCUT2D eigenvalue weighted by Crippen LogP contribution is -2.28. The van der Waals surface area contributed by atoms with Crippen LogP contribution in [0, 0.1) is 5.92 Å². The van der Waals surface area contributed by atoms with E-state index in [2.05, 4.69) is 20.2 Å². The van der Waals surface area contributed by atoms with Crippen LogP contribution < -0.4 is 15.1 Å². The summed E-state index contributed by atoms with van der Waals surface area (Å²) in [5.41, 5.74) is 2.91. The molecular formula is C20H26N6O. The van der Waals surface area contributed by atoms with E-state index >= 15 is 0 Å². The Balaban J connectivity index is 1.57. The van der Waals surface area contributed by atoms with Gasteiger partial charge in [-0.25, -0.2) is 15.0 Å². The summed E-state index contributed by atoms with van der Waals surface area (Å²) in [4.78, 5) is 30.2. The minimum absolute atomic E-state index is 0.0159. The van der Waals surface area contributed by atoms with Gasteiger partial charge in [-0.15, -0.1) is 0 Å². The monoisotopic (exact) mass is 366 g/mol. The van der Waals surface area contributed by atoms with E-state index in [-0.39, 0.29) is 5.91 Å². The average molecular weight is 366 g/mol. The molecule has 1 N–H and O–H groups in total. The summed E-state index contributed by atoms with van der Waals surface area (Å²) in [7, 11) is 3.88. The maximum atomic E-state index is 12.8. The van der Waals surface area contributed by atoms with E-state index in [9.17, 15) is 4.79 Å². The predicted molar refractivity (Wildman–Crippen MR) is 105 cm³/mol. The van der Waals surface area contributed by atoms with Gasteiger partial charge in [-0.3, -0.25) is 4.79 Å². The Morgan fingerprint density at radius 1 is 1.30 bits per heavy atom. The van der Waals surface area contributed by atoms with E-state index < -0.39 is 0 Å². The maximum Gasteiger partial charge on any atom is 0.255 e. The highest BCUT2D eigenvalue weighted by Gasteiger charge is 2.25. The molecule has 0 spiro atoms. The van der Waals surface area contributed by atoms with Gasteiger partial charge in [-0.05, 0) is 42.9 Å². The summed E-state index contributed by atoms with van der Waals surface area (Å²) in [6, 6.07) is 3.98. The third kappa shape index (κ3) is 4.02. The molecule has 7 heteroatoms. The Bertz CT molecular complexity index is 819. The summed E-state index contributed by atoms with van der Waals surface area (Å²) in [5, 5.41) is 3.08. The first-order valence-electron chi connectivity index (χ1n) is 9.61. The fourth-order valence-corrected chi connectivity index (χ4v) is 3.49. The van der Waals surface area contributed by atoms with Crippen molar-refractivity contribution in [2.24, 2.45) is 5.92 Å². The summed E-state index contributed by atoms with van der Waals surface area (Å²) in [6.45, 7) is 2.48. The van der Waals surface area contributed by atoms with Gasteiger partial charge in [0.2, 0.25) is 0 Å². The largest absolute Gasteiger partial charge is 0.362 e. The minimum Gasteiger partial charge on any atom is -0.362 e. The van der Waals surface area contributed by atoms with Crippen LogP contribution in [0.5, 0.6) is 0 Å². The van der Waals surface area contributed by atoms with Gasteiger partial charge < -0.3 is 15.1 Å². The second kappa shape index (κ2) is 7.50. The second-order valence-corrected chi connectivity index (χ2v) is 7.57. The van der Waals surface area contributed by atoms with Gasteiger partial charge in [-0.2, -0.15) is 0 Å². The number of fused-ring (bicyclic) bond motifs is 1. The van der Waals surface area contributed by atoms with E-state index in [0.29, 0.717) is 11.5 Å². The van der Waals surface area contributed by atoms with E-state index in [1.807, 2.05) is 31.1 Å². The number of rotatable bonds is 5. The SMILES string of the molecule is CN(C)c1nc2c(cc1C(=O)NCC1CC1)CCN(c1ccncn1)CC2. The van der Waals surface area contributed by atoms with Gasteiger partial charge in [0.1, 0.15) is 18.0 Å². The number of pyridine rings is 1. The molecule has 7 nitrogen and oxygen atoms in total. The molecule has 0 bridgehead atoms. The zero-order chi connectivity index (χ0) is 18.8. The molecule has 2 aliphatic rings. The topological polar surface area (TPSA) is 74.2 Å². The van der Waals surface area contributed by atoms with Crippen LogP contribution in [0.4, 0.5) is 11.6 Å². The predicted octanol–water partition coefficient (Wildman–Crippen LogP) is 1.68. The zero-order valence-electron chi connectivity index (χ0n) is 16.0. The van der Waals surface area contributed by atoms with Crippen molar-refractivity contribution in [3.63, 3.8) is 0 Å². The highest BCUT2D eigenvalue weighted by molar-refractivity contribution is 5.99. The van der Waals surface area contributed by atoms with Gasteiger partial charge in [-0.1, -0.05) is 0 Å². The molecule has 1 fully saturated rings. The number of hydrogen-bond acceptors (Lipinski definition) is 6. The van der Waals surface area contributed by atoms with Crippen LogP contribution in [0.1, 0.15) is 34.5 Å².